The summed E-state index contributed by atoms with van der Waals surface area (Å²) < 4.78 is 64.8. The second-order valence-electron chi connectivity index (χ2n) is 6.60. The average Bonchev–Trinajstić information content (AvgIpc) is 2.67. The topological polar surface area (TPSA) is 70.6 Å². The number of piperazine rings is 1. The fraction of sp³-hybridized carbons (Fsp3) is 0.333. The Morgan fingerprint density at radius 2 is 1.79 bits per heavy atom. The Labute approximate surface area is 170 Å². The second-order valence-corrected chi connectivity index (χ2v) is 8.93. The van der Waals surface area contributed by atoms with Crippen LogP contribution in [-0.2, 0) is 16.2 Å². The third-order valence-electron chi connectivity index (χ3n) is 4.64. The van der Waals surface area contributed by atoms with Crippen molar-refractivity contribution in [3.63, 3.8) is 0 Å². The van der Waals surface area contributed by atoms with Gasteiger partial charge in [-0.2, -0.15) is 17.5 Å². The smallest absolute Gasteiger partial charge is 0.333 e. The van der Waals surface area contributed by atoms with Crippen LogP contribution in [0.3, 0.4) is 0 Å². The summed E-state index contributed by atoms with van der Waals surface area (Å²) in [7, 11) is -3.98. The quantitative estimate of drug-likeness (QED) is 0.677. The van der Waals surface area contributed by atoms with Gasteiger partial charge in [-0.1, -0.05) is 11.6 Å². The first-order valence-electron chi connectivity index (χ1n) is 8.60. The number of carbonyl (C=O) groups is 1. The summed E-state index contributed by atoms with van der Waals surface area (Å²) in [6.45, 7) is 1.90. The SMILES string of the molecule is CC1CN(S(=O)(=O)c2ccc(C(F)(F)F)cc2)CCN1C(=O)c1ccc(Cl)nc1. The maximum atomic E-state index is 12.8. The molecule has 29 heavy (non-hydrogen) atoms. The minimum Gasteiger partial charge on any atom is -0.333 e. The molecule has 0 bridgehead atoms. The van der Waals surface area contributed by atoms with Crippen LogP contribution in [-0.4, -0.2) is 54.2 Å². The summed E-state index contributed by atoms with van der Waals surface area (Å²) in [5.41, 5.74) is -0.586. The van der Waals surface area contributed by atoms with E-state index in [-0.39, 0.29) is 35.6 Å². The van der Waals surface area contributed by atoms with Crippen LogP contribution in [0.1, 0.15) is 22.8 Å². The second kappa shape index (κ2) is 7.92. The van der Waals surface area contributed by atoms with Gasteiger partial charge in [0.25, 0.3) is 5.91 Å². The van der Waals surface area contributed by atoms with E-state index in [1.54, 1.807) is 6.92 Å². The number of pyridine rings is 1. The van der Waals surface area contributed by atoms with E-state index in [0.29, 0.717) is 5.56 Å². The lowest BCUT2D eigenvalue weighted by molar-refractivity contribution is -0.137. The molecule has 1 aromatic carbocycles. The Balaban J connectivity index is 1.74. The molecule has 1 fully saturated rings. The highest BCUT2D eigenvalue weighted by molar-refractivity contribution is 7.89. The van der Waals surface area contributed by atoms with Gasteiger partial charge in [0.2, 0.25) is 10.0 Å². The number of nitrogens with zero attached hydrogens (tertiary/aromatic N) is 3. The number of hydrogen-bond acceptors (Lipinski definition) is 4. The third-order valence-corrected chi connectivity index (χ3v) is 6.75. The highest BCUT2D eigenvalue weighted by Crippen LogP contribution is 2.30. The summed E-state index contributed by atoms with van der Waals surface area (Å²) >= 11 is 5.72. The van der Waals surface area contributed by atoms with E-state index in [2.05, 4.69) is 4.98 Å². The molecular weight excluding hydrogens is 431 g/mol. The van der Waals surface area contributed by atoms with Gasteiger partial charge in [-0.05, 0) is 43.3 Å². The van der Waals surface area contributed by atoms with Crippen molar-refractivity contribution in [1.82, 2.24) is 14.2 Å². The van der Waals surface area contributed by atoms with Crippen molar-refractivity contribution >= 4 is 27.5 Å². The van der Waals surface area contributed by atoms with Crippen LogP contribution in [0.25, 0.3) is 0 Å². The first-order chi connectivity index (χ1) is 13.5. The number of carbonyl (C=O) groups excluding carboxylic acids is 1. The molecule has 0 spiro atoms. The summed E-state index contributed by atoms with van der Waals surface area (Å²) in [5.74, 6) is -0.298. The van der Waals surface area contributed by atoms with Crippen LogP contribution in [0.2, 0.25) is 5.15 Å². The first-order valence-corrected chi connectivity index (χ1v) is 10.4. The molecule has 156 valence electrons. The fourth-order valence-corrected chi connectivity index (χ4v) is 4.70. The minimum absolute atomic E-state index is 0.0239. The summed E-state index contributed by atoms with van der Waals surface area (Å²) in [5, 5.41) is 0.252. The normalized spacial score (nSPS) is 18.7. The number of hydrogen-bond donors (Lipinski definition) is 0. The van der Waals surface area contributed by atoms with Gasteiger partial charge in [0.05, 0.1) is 16.0 Å². The molecule has 2 aromatic rings. The molecule has 2 heterocycles. The molecule has 0 saturated carbocycles. The van der Waals surface area contributed by atoms with Crippen molar-refractivity contribution in [1.29, 1.82) is 0 Å². The van der Waals surface area contributed by atoms with Crippen molar-refractivity contribution in [2.24, 2.45) is 0 Å². The van der Waals surface area contributed by atoms with Crippen LogP contribution >= 0.6 is 11.6 Å². The maximum absolute atomic E-state index is 12.8. The number of aromatic nitrogens is 1. The number of amides is 1. The van der Waals surface area contributed by atoms with E-state index in [0.717, 1.165) is 24.3 Å². The Bertz CT molecular complexity index is 996. The highest BCUT2D eigenvalue weighted by atomic mass is 35.5. The highest BCUT2D eigenvalue weighted by Gasteiger charge is 2.35. The lowest BCUT2D eigenvalue weighted by Gasteiger charge is -2.39. The standard InChI is InChI=1S/C18H17ClF3N3O3S/c1-12-11-24(8-9-25(12)17(26)13-2-7-16(19)23-10-13)29(27,28)15-5-3-14(4-6-15)18(20,21)22/h2-7,10,12H,8-9,11H2,1H3. The molecule has 1 unspecified atom stereocenters. The Morgan fingerprint density at radius 3 is 2.31 bits per heavy atom. The predicted octanol–water partition coefficient (Wildman–Crippen LogP) is 3.29. The largest absolute Gasteiger partial charge is 0.416 e. The molecule has 11 heteroatoms. The molecule has 0 N–H and O–H groups in total. The van der Waals surface area contributed by atoms with Gasteiger partial charge in [-0.25, -0.2) is 13.4 Å². The lowest BCUT2D eigenvalue weighted by atomic mass is 10.1. The average molecular weight is 448 g/mol. The molecule has 1 aliphatic rings. The zero-order valence-electron chi connectivity index (χ0n) is 15.2. The summed E-state index contributed by atoms with van der Waals surface area (Å²) in [4.78, 5) is 17.8. The van der Waals surface area contributed by atoms with Crippen molar-refractivity contribution in [2.45, 2.75) is 24.0 Å². The van der Waals surface area contributed by atoms with E-state index in [9.17, 15) is 26.4 Å². The van der Waals surface area contributed by atoms with E-state index in [1.807, 2.05) is 0 Å². The van der Waals surface area contributed by atoms with Gasteiger partial charge in [0, 0.05) is 31.9 Å². The van der Waals surface area contributed by atoms with Crippen LogP contribution in [0.4, 0.5) is 13.2 Å². The summed E-state index contributed by atoms with van der Waals surface area (Å²) in [6.07, 6.45) is -3.19. The van der Waals surface area contributed by atoms with E-state index >= 15 is 0 Å². The number of rotatable bonds is 3. The zero-order chi connectivity index (χ0) is 21.4. The van der Waals surface area contributed by atoms with Crippen molar-refractivity contribution in [3.05, 3.63) is 58.9 Å². The molecule has 1 amide bonds. The van der Waals surface area contributed by atoms with Crippen molar-refractivity contribution in [2.75, 3.05) is 19.6 Å². The molecule has 0 aliphatic carbocycles. The van der Waals surface area contributed by atoms with Gasteiger partial charge in [0.1, 0.15) is 5.15 Å². The van der Waals surface area contributed by atoms with Gasteiger partial charge in [-0.3, -0.25) is 4.79 Å². The first kappa shape index (κ1) is 21.5. The van der Waals surface area contributed by atoms with Crippen LogP contribution in [0.15, 0.2) is 47.5 Å². The predicted molar refractivity (Wildman–Crippen MR) is 99.9 cm³/mol. The van der Waals surface area contributed by atoms with Gasteiger partial charge in [-0.15, -0.1) is 0 Å². The number of alkyl halides is 3. The van der Waals surface area contributed by atoms with Crippen molar-refractivity contribution < 1.29 is 26.4 Å². The van der Waals surface area contributed by atoms with Crippen LogP contribution < -0.4 is 0 Å². The van der Waals surface area contributed by atoms with Crippen LogP contribution in [0.5, 0.6) is 0 Å². The van der Waals surface area contributed by atoms with E-state index in [1.165, 1.54) is 27.5 Å². The molecule has 3 rings (SSSR count). The molecule has 0 radical (unpaired) electrons. The number of sulfonamides is 1. The molecule has 6 nitrogen and oxygen atoms in total. The van der Waals surface area contributed by atoms with E-state index in [4.69, 9.17) is 11.6 Å². The van der Waals surface area contributed by atoms with Gasteiger partial charge < -0.3 is 4.90 Å². The number of halogens is 4. The maximum Gasteiger partial charge on any atom is 0.416 e. The fourth-order valence-electron chi connectivity index (χ4n) is 3.08. The summed E-state index contributed by atoms with van der Waals surface area (Å²) in [6, 6.07) is 5.96. The molecular formula is C18H17ClF3N3O3S. The Kier molecular flexibility index (Phi) is 5.88. The van der Waals surface area contributed by atoms with Crippen molar-refractivity contribution in [3.8, 4) is 0 Å². The molecule has 1 aliphatic heterocycles. The van der Waals surface area contributed by atoms with Crippen LogP contribution in [0, 0.1) is 0 Å². The Hall–Kier alpha value is -2.17. The molecule has 1 saturated heterocycles. The monoisotopic (exact) mass is 447 g/mol. The molecule has 1 aromatic heterocycles. The van der Waals surface area contributed by atoms with Gasteiger partial charge in [0.15, 0.2) is 0 Å². The number of benzene rings is 1. The minimum atomic E-state index is -4.54. The third kappa shape index (κ3) is 4.54. The lowest BCUT2D eigenvalue weighted by Crippen LogP contribution is -2.55. The van der Waals surface area contributed by atoms with E-state index < -0.39 is 27.8 Å². The van der Waals surface area contributed by atoms with Gasteiger partial charge >= 0.3 is 6.18 Å². The Morgan fingerprint density at radius 1 is 1.14 bits per heavy atom. The zero-order valence-corrected chi connectivity index (χ0v) is 16.8. The molecule has 1 atom stereocenters.